The van der Waals surface area contributed by atoms with Gasteiger partial charge in [-0.15, -0.1) is 0 Å². The van der Waals surface area contributed by atoms with Crippen LogP contribution in [0.4, 0.5) is 0 Å². The summed E-state index contributed by atoms with van der Waals surface area (Å²) in [5.74, 6) is -0.216. The Kier molecular flexibility index (Phi) is 6.49. The molecular formula is C25H27N5O3S. The van der Waals surface area contributed by atoms with Crippen LogP contribution in [0, 0.1) is 6.92 Å². The van der Waals surface area contributed by atoms with Crippen LogP contribution in [0.25, 0.3) is 22.3 Å². The van der Waals surface area contributed by atoms with Gasteiger partial charge in [0.15, 0.2) is 5.65 Å². The lowest BCUT2D eigenvalue weighted by atomic mass is 10.0. The van der Waals surface area contributed by atoms with Crippen molar-refractivity contribution in [3.05, 3.63) is 77.5 Å². The van der Waals surface area contributed by atoms with E-state index >= 15 is 0 Å². The van der Waals surface area contributed by atoms with Gasteiger partial charge in [0.1, 0.15) is 0 Å². The number of benzene rings is 2. The summed E-state index contributed by atoms with van der Waals surface area (Å²) in [6.45, 7) is 6.45. The first-order valence-electron chi connectivity index (χ1n) is 11.0. The van der Waals surface area contributed by atoms with E-state index in [2.05, 4.69) is 10.4 Å². The minimum absolute atomic E-state index is 0.0605. The molecule has 0 bridgehead atoms. The summed E-state index contributed by atoms with van der Waals surface area (Å²) < 4.78 is 24.7. The number of fused-ring (bicyclic) bond motifs is 1. The number of nitrogens with two attached hydrogens (primary N) is 1. The molecule has 0 fully saturated rings. The van der Waals surface area contributed by atoms with Gasteiger partial charge >= 0.3 is 0 Å². The molecule has 0 radical (unpaired) electrons. The van der Waals surface area contributed by atoms with E-state index in [0.717, 1.165) is 22.4 Å². The molecule has 2 aromatic heterocycles. The van der Waals surface area contributed by atoms with Gasteiger partial charge in [-0.25, -0.2) is 23.2 Å². The maximum atomic E-state index is 13.2. The second-order valence-corrected chi connectivity index (χ2v) is 10.0. The summed E-state index contributed by atoms with van der Waals surface area (Å²) in [5.41, 5.74) is 4.82. The van der Waals surface area contributed by atoms with Crippen molar-refractivity contribution in [1.29, 1.82) is 0 Å². The number of hydrogen-bond donors (Lipinski definition) is 2. The van der Waals surface area contributed by atoms with E-state index in [9.17, 15) is 13.2 Å². The van der Waals surface area contributed by atoms with Gasteiger partial charge in [-0.2, -0.15) is 5.10 Å². The van der Waals surface area contributed by atoms with Crippen LogP contribution < -0.4 is 10.5 Å². The molecule has 0 aliphatic rings. The number of hydrogen-bond acceptors (Lipinski definition) is 5. The summed E-state index contributed by atoms with van der Waals surface area (Å²) in [7, 11) is -3.73. The fourth-order valence-electron chi connectivity index (χ4n) is 3.84. The zero-order chi connectivity index (χ0) is 24.5. The Morgan fingerprint density at radius 1 is 1.12 bits per heavy atom. The lowest BCUT2D eigenvalue weighted by Crippen LogP contribution is -2.26. The standard InChI is InChI=1S/C25H27N5O3S/c1-16(2)30-24-22(15-28-30)21(14-23(29-24)20-7-5-4-6-17(20)3)25(31)27-13-12-18-8-10-19(11-9-18)34(26,32)33/h4-11,14-16H,12-13H2,1-3H3,(H,27,31)(H2,26,32,33). The molecule has 34 heavy (non-hydrogen) atoms. The molecule has 176 valence electrons. The Hall–Kier alpha value is -3.56. The molecule has 2 aromatic carbocycles. The minimum Gasteiger partial charge on any atom is -0.352 e. The lowest BCUT2D eigenvalue weighted by Gasteiger charge is -2.12. The first-order valence-corrected chi connectivity index (χ1v) is 12.5. The van der Waals surface area contributed by atoms with Crippen LogP contribution in [0.5, 0.6) is 0 Å². The largest absolute Gasteiger partial charge is 0.352 e. The van der Waals surface area contributed by atoms with E-state index in [1.165, 1.54) is 12.1 Å². The Labute approximate surface area is 198 Å². The van der Waals surface area contributed by atoms with Gasteiger partial charge in [0, 0.05) is 18.2 Å². The molecule has 0 saturated heterocycles. The maximum absolute atomic E-state index is 13.2. The highest BCUT2D eigenvalue weighted by Gasteiger charge is 2.19. The Balaban J connectivity index is 1.61. The van der Waals surface area contributed by atoms with Crippen molar-refractivity contribution in [1.82, 2.24) is 20.1 Å². The molecule has 8 nitrogen and oxygen atoms in total. The normalized spacial score (nSPS) is 11.8. The maximum Gasteiger partial charge on any atom is 0.252 e. The van der Waals surface area contributed by atoms with Gasteiger partial charge in [0.2, 0.25) is 10.0 Å². The zero-order valence-corrected chi connectivity index (χ0v) is 20.1. The third-order valence-electron chi connectivity index (χ3n) is 5.67. The minimum atomic E-state index is -3.73. The van der Waals surface area contributed by atoms with Gasteiger partial charge < -0.3 is 5.32 Å². The number of nitrogens with one attached hydrogen (secondary N) is 1. The van der Waals surface area contributed by atoms with Crippen LogP contribution in [0.15, 0.2) is 65.7 Å². The smallest absolute Gasteiger partial charge is 0.252 e. The summed E-state index contributed by atoms with van der Waals surface area (Å²) in [5, 5.41) is 13.3. The highest BCUT2D eigenvalue weighted by molar-refractivity contribution is 7.89. The molecule has 0 unspecified atom stereocenters. The van der Waals surface area contributed by atoms with E-state index in [1.54, 1.807) is 18.3 Å². The Morgan fingerprint density at radius 2 is 1.82 bits per heavy atom. The molecule has 0 aliphatic heterocycles. The number of rotatable bonds is 7. The van der Waals surface area contributed by atoms with Crippen LogP contribution in [0.3, 0.4) is 0 Å². The molecule has 4 rings (SSSR count). The average molecular weight is 478 g/mol. The number of nitrogens with zero attached hydrogens (tertiary/aromatic N) is 3. The first-order chi connectivity index (χ1) is 16.1. The number of primary sulfonamides is 1. The predicted molar refractivity (Wildman–Crippen MR) is 132 cm³/mol. The molecule has 0 atom stereocenters. The van der Waals surface area contributed by atoms with Crippen LogP contribution in [-0.2, 0) is 16.4 Å². The Morgan fingerprint density at radius 3 is 2.47 bits per heavy atom. The van der Waals surface area contributed by atoms with Crippen molar-refractivity contribution >= 4 is 27.0 Å². The van der Waals surface area contributed by atoms with Crippen LogP contribution in [0.2, 0.25) is 0 Å². The molecule has 9 heteroatoms. The number of pyridine rings is 1. The van der Waals surface area contributed by atoms with E-state index in [-0.39, 0.29) is 16.8 Å². The topological polar surface area (TPSA) is 120 Å². The van der Waals surface area contributed by atoms with Crippen molar-refractivity contribution < 1.29 is 13.2 Å². The highest BCUT2D eigenvalue weighted by atomic mass is 32.2. The number of carbonyl (C=O) groups is 1. The molecule has 0 aliphatic carbocycles. The fourth-order valence-corrected chi connectivity index (χ4v) is 4.36. The third kappa shape index (κ3) is 4.85. The highest BCUT2D eigenvalue weighted by Crippen LogP contribution is 2.28. The van der Waals surface area contributed by atoms with Crippen LogP contribution >= 0.6 is 0 Å². The van der Waals surface area contributed by atoms with Crippen molar-refractivity contribution in [2.45, 2.75) is 38.1 Å². The van der Waals surface area contributed by atoms with E-state index in [1.807, 2.05) is 55.8 Å². The predicted octanol–water partition coefficient (Wildman–Crippen LogP) is 3.61. The number of aromatic nitrogens is 3. The number of amides is 1. The molecule has 0 saturated carbocycles. The third-order valence-corrected chi connectivity index (χ3v) is 6.60. The van der Waals surface area contributed by atoms with Gasteiger partial charge in [-0.05, 0) is 56.5 Å². The molecule has 2 heterocycles. The lowest BCUT2D eigenvalue weighted by molar-refractivity contribution is 0.0955. The monoisotopic (exact) mass is 477 g/mol. The number of carbonyl (C=O) groups excluding carboxylic acids is 1. The van der Waals surface area contributed by atoms with Crippen molar-refractivity contribution in [2.75, 3.05) is 6.54 Å². The quantitative estimate of drug-likeness (QED) is 0.421. The summed E-state index contributed by atoms with van der Waals surface area (Å²) >= 11 is 0. The van der Waals surface area contributed by atoms with Crippen molar-refractivity contribution in [3.8, 4) is 11.3 Å². The second kappa shape index (κ2) is 9.36. The van der Waals surface area contributed by atoms with E-state index < -0.39 is 10.0 Å². The van der Waals surface area contributed by atoms with Crippen LogP contribution in [-0.4, -0.2) is 35.6 Å². The van der Waals surface area contributed by atoms with E-state index in [4.69, 9.17) is 10.1 Å². The Bertz CT molecular complexity index is 1460. The van der Waals surface area contributed by atoms with Gasteiger partial charge in [0.25, 0.3) is 5.91 Å². The van der Waals surface area contributed by atoms with Gasteiger partial charge in [-0.3, -0.25) is 4.79 Å². The SMILES string of the molecule is Cc1ccccc1-c1cc(C(=O)NCCc2ccc(S(N)(=O)=O)cc2)c2cnn(C(C)C)c2n1. The summed E-state index contributed by atoms with van der Waals surface area (Å²) in [6.07, 6.45) is 2.23. The van der Waals surface area contributed by atoms with Crippen molar-refractivity contribution in [2.24, 2.45) is 5.14 Å². The zero-order valence-electron chi connectivity index (χ0n) is 19.3. The molecule has 4 aromatic rings. The summed E-state index contributed by atoms with van der Waals surface area (Å²) in [4.78, 5) is 18.1. The van der Waals surface area contributed by atoms with Crippen LogP contribution in [0.1, 0.15) is 41.4 Å². The molecular weight excluding hydrogens is 450 g/mol. The van der Waals surface area contributed by atoms with Crippen molar-refractivity contribution in [3.63, 3.8) is 0 Å². The number of aryl methyl sites for hydroxylation is 1. The van der Waals surface area contributed by atoms with E-state index in [0.29, 0.717) is 29.6 Å². The fraction of sp³-hybridized carbons (Fsp3) is 0.240. The number of sulfonamides is 1. The average Bonchev–Trinajstić information content (AvgIpc) is 3.23. The van der Waals surface area contributed by atoms with Gasteiger partial charge in [-0.1, -0.05) is 36.4 Å². The van der Waals surface area contributed by atoms with Gasteiger partial charge in [0.05, 0.1) is 27.7 Å². The first kappa shape index (κ1) is 23.6. The summed E-state index contributed by atoms with van der Waals surface area (Å²) in [6, 6.07) is 16.2. The second-order valence-electron chi connectivity index (χ2n) is 8.49. The molecule has 3 N–H and O–H groups in total. The molecule has 0 spiro atoms. The molecule has 1 amide bonds.